The van der Waals surface area contributed by atoms with Crippen molar-refractivity contribution in [3.8, 4) is 0 Å². The van der Waals surface area contributed by atoms with Crippen LogP contribution in [0.4, 0.5) is 0 Å². The molecule has 0 saturated carbocycles. The number of likely N-dealkylation sites (tertiary alicyclic amines) is 1. The third-order valence-electron chi connectivity index (χ3n) is 3.12. The molecule has 0 N–H and O–H groups in total. The molecule has 0 aromatic heterocycles. The molecule has 1 heterocycles. The van der Waals surface area contributed by atoms with Crippen molar-refractivity contribution in [2.24, 2.45) is 5.92 Å². The van der Waals surface area contributed by atoms with E-state index >= 15 is 0 Å². The molecule has 2 atom stereocenters. The normalized spacial score (nSPS) is 28.9. The van der Waals surface area contributed by atoms with Gasteiger partial charge in [-0.05, 0) is 19.8 Å². The summed E-state index contributed by atoms with van der Waals surface area (Å²) in [6.45, 7) is 5.44. The Balaban J connectivity index is 2.60. The number of methoxy groups -OCH3 is 1. The van der Waals surface area contributed by atoms with Crippen LogP contribution in [0.1, 0.15) is 26.7 Å². The summed E-state index contributed by atoms with van der Waals surface area (Å²) in [4.78, 5) is 13.8. The van der Waals surface area contributed by atoms with E-state index in [0.717, 1.165) is 19.4 Å². The van der Waals surface area contributed by atoms with Gasteiger partial charge in [0.15, 0.2) is 0 Å². The fraction of sp³-hybridized carbons (Fsp3) is 0.909. The summed E-state index contributed by atoms with van der Waals surface area (Å²) >= 11 is 5.69. The highest BCUT2D eigenvalue weighted by Gasteiger charge is 2.34. The van der Waals surface area contributed by atoms with Crippen molar-refractivity contribution in [3.63, 3.8) is 0 Å². The van der Waals surface area contributed by atoms with E-state index in [1.54, 1.807) is 7.11 Å². The molecule has 0 radical (unpaired) electrons. The fourth-order valence-electron chi connectivity index (χ4n) is 1.94. The Hall–Kier alpha value is -0.280. The van der Waals surface area contributed by atoms with E-state index in [9.17, 15) is 4.79 Å². The van der Waals surface area contributed by atoms with Crippen LogP contribution in [0, 0.1) is 5.92 Å². The van der Waals surface area contributed by atoms with Crippen molar-refractivity contribution >= 4 is 17.5 Å². The van der Waals surface area contributed by atoms with Gasteiger partial charge in [0.05, 0.1) is 5.60 Å². The third kappa shape index (κ3) is 3.08. The summed E-state index contributed by atoms with van der Waals surface area (Å²) in [7, 11) is 1.71. The molecule has 1 saturated heterocycles. The maximum Gasteiger partial charge on any atom is 0.226 e. The Morgan fingerprint density at radius 1 is 1.67 bits per heavy atom. The van der Waals surface area contributed by atoms with Crippen LogP contribution >= 0.6 is 11.6 Å². The maximum absolute atomic E-state index is 11.9. The molecular formula is C11H20ClNO2. The number of amides is 1. The number of rotatable bonds is 3. The van der Waals surface area contributed by atoms with Crippen LogP contribution in [0.2, 0.25) is 0 Å². The van der Waals surface area contributed by atoms with Crippen molar-refractivity contribution in [2.45, 2.75) is 32.3 Å². The summed E-state index contributed by atoms with van der Waals surface area (Å²) in [6.07, 6.45) is 2.02. The van der Waals surface area contributed by atoms with E-state index in [2.05, 4.69) is 6.92 Å². The molecule has 4 heteroatoms. The quantitative estimate of drug-likeness (QED) is 0.697. The molecule has 15 heavy (non-hydrogen) atoms. The van der Waals surface area contributed by atoms with Crippen molar-refractivity contribution in [3.05, 3.63) is 0 Å². The van der Waals surface area contributed by atoms with Crippen molar-refractivity contribution in [1.82, 2.24) is 4.90 Å². The molecule has 1 aliphatic rings. The lowest BCUT2D eigenvalue weighted by molar-refractivity contribution is -0.142. The van der Waals surface area contributed by atoms with E-state index in [-0.39, 0.29) is 17.4 Å². The van der Waals surface area contributed by atoms with Gasteiger partial charge in [0.1, 0.15) is 0 Å². The van der Waals surface area contributed by atoms with E-state index in [0.29, 0.717) is 12.4 Å². The first kappa shape index (κ1) is 12.8. The van der Waals surface area contributed by atoms with Crippen LogP contribution in [-0.2, 0) is 9.53 Å². The minimum Gasteiger partial charge on any atom is -0.377 e. The van der Waals surface area contributed by atoms with Crippen LogP contribution in [0.5, 0.6) is 0 Å². The smallest absolute Gasteiger partial charge is 0.226 e. The van der Waals surface area contributed by atoms with Gasteiger partial charge in [-0.25, -0.2) is 0 Å². The number of ether oxygens (including phenoxy) is 1. The van der Waals surface area contributed by atoms with Gasteiger partial charge in [-0.1, -0.05) is 6.92 Å². The summed E-state index contributed by atoms with van der Waals surface area (Å²) in [6, 6.07) is 0. The predicted molar refractivity (Wildman–Crippen MR) is 61.1 cm³/mol. The van der Waals surface area contributed by atoms with E-state index < -0.39 is 0 Å². The van der Waals surface area contributed by atoms with Gasteiger partial charge in [-0.15, -0.1) is 11.6 Å². The molecule has 1 fully saturated rings. The molecule has 0 spiro atoms. The summed E-state index contributed by atoms with van der Waals surface area (Å²) < 4.78 is 5.45. The second-order valence-corrected chi connectivity index (χ2v) is 4.88. The Labute approximate surface area is 96.7 Å². The summed E-state index contributed by atoms with van der Waals surface area (Å²) in [5, 5.41) is 0. The van der Waals surface area contributed by atoms with E-state index in [1.165, 1.54) is 0 Å². The molecule has 1 aliphatic heterocycles. The second-order valence-electron chi connectivity index (χ2n) is 4.57. The van der Waals surface area contributed by atoms with Gasteiger partial charge in [-0.2, -0.15) is 0 Å². The molecule has 1 amide bonds. The number of carbonyl (C=O) groups excluding carboxylic acids is 1. The van der Waals surface area contributed by atoms with Crippen molar-refractivity contribution in [2.75, 3.05) is 26.1 Å². The van der Waals surface area contributed by atoms with Crippen LogP contribution in [0.15, 0.2) is 0 Å². The lowest BCUT2D eigenvalue weighted by Crippen LogP contribution is -2.51. The zero-order valence-electron chi connectivity index (χ0n) is 9.75. The highest BCUT2D eigenvalue weighted by atomic mass is 35.5. The number of hydrogen-bond donors (Lipinski definition) is 0. The largest absolute Gasteiger partial charge is 0.377 e. The minimum absolute atomic E-state index is 0.0918. The molecule has 88 valence electrons. The molecule has 0 aromatic rings. The molecule has 0 aromatic carbocycles. The number of nitrogens with zero attached hydrogens (tertiary/aromatic N) is 1. The number of carbonyl (C=O) groups is 1. The lowest BCUT2D eigenvalue weighted by atomic mass is 9.94. The van der Waals surface area contributed by atoms with Crippen LogP contribution in [-0.4, -0.2) is 42.5 Å². The fourth-order valence-corrected chi connectivity index (χ4v) is 2.07. The summed E-state index contributed by atoms with van der Waals surface area (Å²) in [5.74, 6) is 0.442. The maximum atomic E-state index is 11.9. The standard InChI is InChI=1S/C11H20ClNO2/c1-9(7-12)10(14)13-6-4-5-11(2,8-13)15-3/h9H,4-8H2,1-3H3. The SMILES string of the molecule is COC1(C)CCCN(C(=O)C(C)CCl)C1. The Bertz CT molecular complexity index is 235. The molecule has 2 unspecified atom stereocenters. The van der Waals surface area contributed by atoms with Gasteiger partial charge >= 0.3 is 0 Å². The zero-order valence-corrected chi connectivity index (χ0v) is 10.5. The monoisotopic (exact) mass is 233 g/mol. The lowest BCUT2D eigenvalue weighted by Gasteiger charge is -2.40. The number of hydrogen-bond acceptors (Lipinski definition) is 2. The average molecular weight is 234 g/mol. The average Bonchev–Trinajstić information content (AvgIpc) is 2.27. The first-order valence-corrected chi connectivity index (χ1v) is 5.96. The second kappa shape index (κ2) is 5.17. The minimum atomic E-state index is -0.181. The molecule has 1 rings (SSSR count). The zero-order chi connectivity index (χ0) is 11.5. The Kier molecular flexibility index (Phi) is 4.41. The topological polar surface area (TPSA) is 29.5 Å². The Morgan fingerprint density at radius 3 is 2.87 bits per heavy atom. The Morgan fingerprint density at radius 2 is 2.33 bits per heavy atom. The van der Waals surface area contributed by atoms with Crippen molar-refractivity contribution in [1.29, 1.82) is 0 Å². The molecular weight excluding hydrogens is 214 g/mol. The van der Waals surface area contributed by atoms with Crippen LogP contribution < -0.4 is 0 Å². The number of piperidine rings is 1. The van der Waals surface area contributed by atoms with Crippen LogP contribution in [0.25, 0.3) is 0 Å². The van der Waals surface area contributed by atoms with Gasteiger partial charge < -0.3 is 9.64 Å². The predicted octanol–water partition coefficient (Wildman–Crippen LogP) is 1.89. The number of halogens is 1. The first-order chi connectivity index (χ1) is 7.02. The number of alkyl halides is 1. The molecule has 0 bridgehead atoms. The highest BCUT2D eigenvalue weighted by molar-refractivity contribution is 6.19. The highest BCUT2D eigenvalue weighted by Crippen LogP contribution is 2.24. The van der Waals surface area contributed by atoms with Crippen LogP contribution in [0.3, 0.4) is 0 Å². The summed E-state index contributed by atoms with van der Waals surface area (Å²) in [5.41, 5.74) is -0.181. The van der Waals surface area contributed by atoms with E-state index in [4.69, 9.17) is 16.3 Å². The third-order valence-corrected chi connectivity index (χ3v) is 3.58. The van der Waals surface area contributed by atoms with E-state index in [1.807, 2.05) is 11.8 Å². The van der Waals surface area contributed by atoms with Gasteiger partial charge in [0.25, 0.3) is 0 Å². The van der Waals surface area contributed by atoms with Crippen molar-refractivity contribution < 1.29 is 9.53 Å². The molecule has 3 nitrogen and oxygen atoms in total. The van der Waals surface area contributed by atoms with Gasteiger partial charge in [0, 0.05) is 32.0 Å². The molecule has 0 aliphatic carbocycles. The van der Waals surface area contributed by atoms with Gasteiger partial charge in [0.2, 0.25) is 5.91 Å². The van der Waals surface area contributed by atoms with Gasteiger partial charge in [-0.3, -0.25) is 4.79 Å². The first-order valence-electron chi connectivity index (χ1n) is 5.42.